The molecular weight excluding hydrogens is 268 g/mol. The average Bonchev–Trinajstić information content (AvgIpc) is 2.74. The van der Waals surface area contributed by atoms with Gasteiger partial charge in [-0.2, -0.15) is 5.10 Å². The number of phenols is 1. The van der Waals surface area contributed by atoms with Gasteiger partial charge in [0.2, 0.25) is 0 Å². The smallest absolute Gasteiger partial charge is 0.174 e. The lowest BCUT2D eigenvalue weighted by atomic mass is 10.1. The Morgan fingerprint density at radius 3 is 2.76 bits per heavy atom. The van der Waals surface area contributed by atoms with Crippen LogP contribution in [0.5, 0.6) is 5.75 Å². The molecule has 1 saturated heterocycles. The van der Waals surface area contributed by atoms with Gasteiger partial charge in [-0.15, -0.1) is 10.2 Å². The lowest BCUT2D eigenvalue weighted by molar-refractivity contribution is 0.327. The third-order valence-electron chi connectivity index (χ3n) is 3.76. The molecule has 1 aliphatic heterocycles. The van der Waals surface area contributed by atoms with Crippen molar-refractivity contribution in [2.75, 3.05) is 18.8 Å². The van der Waals surface area contributed by atoms with Crippen LogP contribution in [0.15, 0.2) is 30.3 Å². The Kier molecular flexibility index (Phi) is 2.55. The molecule has 0 aliphatic carbocycles. The molecule has 0 saturated carbocycles. The summed E-state index contributed by atoms with van der Waals surface area (Å²) in [4.78, 5) is 0. The minimum Gasteiger partial charge on any atom is -0.507 e. The molecule has 0 atom stereocenters. The molecule has 3 aromatic rings. The molecule has 4 N–H and O–H groups in total. The molecule has 7 heteroatoms. The molecule has 21 heavy (non-hydrogen) atoms. The summed E-state index contributed by atoms with van der Waals surface area (Å²) in [6.45, 7) is 1.73. The number of nitrogens with zero attached hydrogens (tertiary/aromatic N) is 4. The molecular formula is C14H14N6O. The van der Waals surface area contributed by atoms with Crippen LogP contribution in [0.4, 0.5) is 5.82 Å². The number of hydrogen-bond acceptors (Lipinski definition) is 6. The fourth-order valence-electron chi connectivity index (χ4n) is 2.50. The molecule has 1 aliphatic rings. The van der Waals surface area contributed by atoms with Crippen molar-refractivity contribution in [3.63, 3.8) is 0 Å². The lowest BCUT2D eigenvalue weighted by Gasteiger charge is -2.27. The normalized spacial score (nSPS) is 15.2. The molecule has 7 nitrogen and oxygen atoms in total. The summed E-state index contributed by atoms with van der Waals surface area (Å²) < 4.78 is 1.89. The van der Waals surface area contributed by atoms with Gasteiger partial charge in [-0.1, -0.05) is 12.1 Å². The fourth-order valence-corrected chi connectivity index (χ4v) is 2.50. The van der Waals surface area contributed by atoms with E-state index >= 15 is 0 Å². The number of nitrogens with two attached hydrogens (primary N) is 1. The van der Waals surface area contributed by atoms with Crippen LogP contribution in [0.3, 0.4) is 0 Å². The molecule has 2 aromatic heterocycles. The van der Waals surface area contributed by atoms with Crippen LogP contribution < -0.4 is 11.1 Å². The SMILES string of the molecule is Nc1nn(C2CNC2)c2cc(-c3ccccc3O)nnc12. The Hall–Kier alpha value is -2.67. The van der Waals surface area contributed by atoms with Crippen LogP contribution in [0.25, 0.3) is 22.3 Å². The van der Waals surface area contributed by atoms with E-state index in [4.69, 9.17) is 5.73 Å². The Balaban J connectivity index is 1.91. The Labute approximate surface area is 120 Å². The highest BCUT2D eigenvalue weighted by Crippen LogP contribution is 2.30. The molecule has 1 fully saturated rings. The first-order valence-corrected chi connectivity index (χ1v) is 6.74. The van der Waals surface area contributed by atoms with Crippen molar-refractivity contribution in [3.05, 3.63) is 30.3 Å². The van der Waals surface area contributed by atoms with Gasteiger partial charge in [0.05, 0.1) is 17.3 Å². The van der Waals surface area contributed by atoms with Crippen LogP contribution in [0, 0.1) is 0 Å². The summed E-state index contributed by atoms with van der Waals surface area (Å²) in [6, 6.07) is 9.21. The Morgan fingerprint density at radius 1 is 1.24 bits per heavy atom. The van der Waals surface area contributed by atoms with Gasteiger partial charge in [0.15, 0.2) is 11.3 Å². The van der Waals surface area contributed by atoms with Crippen molar-refractivity contribution in [2.24, 2.45) is 0 Å². The van der Waals surface area contributed by atoms with E-state index in [1.165, 1.54) is 0 Å². The number of nitrogens with one attached hydrogen (secondary N) is 1. The molecule has 0 unspecified atom stereocenters. The zero-order valence-corrected chi connectivity index (χ0v) is 11.2. The number of benzene rings is 1. The van der Waals surface area contributed by atoms with Gasteiger partial charge in [0.1, 0.15) is 5.75 Å². The molecule has 3 heterocycles. The second kappa shape index (κ2) is 4.42. The summed E-state index contributed by atoms with van der Waals surface area (Å²) in [5, 5.41) is 25.8. The summed E-state index contributed by atoms with van der Waals surface area (Å²) in [6.07, 6.45) is 0. The summed E-state index contributed by atoms with van der Waals surface area (Å²) in [5.74, 6) is 0.559. The van der Waals surface area contributed by atoms with Crippen molar-refractivity contribution < 1.29 is 5.11 Å². The van der Waals surface area contributed by atoms with E-state index in [-0.39, 0.29) is 11.8 Å². The maximum Gasteiger partial charge on any atom is 0.174 e. The van der Waals surface area contributed by atoms with E-state index in [0.29, 0.717) is 22.6 Å². The number of hydrogen-bond donors (Lipinski definition) is 3. The Bertz CT molecular complexity index is 823. The molecule has 1 aromatic carbocycles. The highest BCUT2D eigenvalue weighted by Gasteiger charge is 2.24. The van der Waals surface area contributed by atoms with Crippen LogP contribution in [-0.4, -0.2) is 38.2 Å². The van der Waals surface area contributed by atoms with E-state index < -0.39 is 0 Å². The average molecular weight is 282 g/mol. The third-order valence-corrected chi connectivity index (χ3v) is 3.76. The van der Waals surface area contributed by atoms with Crippen molar-refractivity contribution in [1.29, 1.82) is 0 Å². The van der Waals surface area contributed by atoms with Gasteiger partial charge in [-0.25, -0.2) is 0 Å². The third kappa shape index (κ3) is 1.82. The number of nitrogen functional groups attached to an aromatic ring is 1. The minimum atomic E-state index is 0.176. The topological polar surface area (TPSA) is 102 Å². The highest BCUT2D eigenvalue weighted by molar-refractivity contribution is 5.87. The minimum absolute atomic E-state index is 0.176. The second-order valence-corrected chi connectivity index (χ2v) is 5.12. The van der Waals surface area contributed by atoms with Crippen LogP contribution in [0.1, 0.15) is 6.04 Å². The molecule has 4 rings (SSSR count). The highest BCUT2D eigenvalue weighted by atomic mass is 16.3. The van der Waals surface area contributed by atoms with E-state index in [2.05, 4.69) is 20.6 Å². The van der Waals surface area contributed by atoms with E-state index in [0.717, 1.165) is 18.6 Å². The first kappa shape index (κ1) is 12.1. The second-order valence-electron chi connectivity index (χ2n) is 5.12. The quantitative estimate of drug-likeness (QED) is 0.646. The van der Waals surface area contributed by atoms with Crippen molar-refractivity contribution in [2.45, 2.75) is 6.04 Å². The predicted molar refractivity (Wildman–Crippen MR) is 78.7 cm³/mol. The van der Waals surface area contributed by atoms with E-state index in [9.17, 15) is 5.11 Å². The van der Waals surface area contributed by atoms with Gasteiger partial charge in [0, 0.05) is 18.7 Å². The number of phenolic OH excluding ortho intramolecular Hbond substituents is 1. The summed E-state index contributed by atoms with van der Waals surface area (Å²) >= 11 is 0. The zero-order valence-electron chi connectivity index (χ0n) is 11.2. The number of rotatable bonds is 2. The van der Waals surface area contributed by atoms with Crippen molar-refractivity contribution >= 4 is 16.9 Å². The first-order chi connectivity index (χ1) is 10.2. The van der Waals surface area contributed by atoms with Crippen LogP contribution in [0.2, 0.25) is 0 Å². The monoisotopic (exact) mass is 282 g/mol. The largest absolute Gasteiger partial charge is 0.507 e. The maximum atomic E-state index is 9.95. The standard InChI is InChI=1S/C14H14N6O/c15-14-13-11(20(19-14)8-6-16-7-8)5-10(17-18-13)9-3-1-2-4-12(9)21/h1-5,8,16,21H,6-7H2,(H2,15,19). The number of para-hydroxylation sites is 1. The van der Waals surface area contributed by atoms with Crippen LogP contribution >= 0.6 is 0 Å². The zero-order chi connectivity index (χ0) is 14.4. The molecule has 0 amide bonds. The van der Waals surface area contributed by atoms with Gasteiger partial charge in [-0.3, -0.25) is 4.68 Å². The molecule has 0 spiro atoms. The maximum absolute atomic E-state index is 9.95. The van der Waals surface area contributed by atoms with Gasteiger partial charge >= 0.3 is 0 Å². The molecule has 0 radical (unpaired) electrons. The summed E-state index contributed by atoms with van der Waals surface area (Å²) in [7, 11) is 0. The van der Waals surface area contributed by atoms with Crippen molar-refractivity contribution in [1.82, 2.24) is 25.3 Å². The van der Waals surface area contributed by atoms with E-state index in [1.807, 2.05) is 16.8 Å². The van der Waals surface area contributed by atoms with Gasteiger partial charge in [-0.05, 0) is 18.2 Å². The predicted octanol–water partition coefficient (Wildman–Crippen LogP) is 0.925. The molecule has 0 bridgehead atoms. The van der Waals surface area contributed by atoms with Gasteiger partial charge in [0.25, 0.3) is 0 Å². The van der Waals surface area contributed by atoms with Crippen molar-refractivity contribution in [3.8, 4) is 17.0 Å². The number of fused-ring (bicyclic) bond motifs is 1. The van der Waals surface area contributed by atoms with Gasteiger partial charge < -0.3 is 16.2 Å². The van der Waals surface area contributed by atoms with Crippen LogP contribution in [-0.2, 0) is 0 Å². The molecule has 106 valence electrons. The first-order valence-electron chi connectivity index (χ1n) is 6.74. The lowest BCUT2D eigenvalue weighted by Crippen LogP contribution is -2.43. The Morgan fingerprint density at radius 2 is 2.05 bits per heavy atom. The number of aromatic nitrogens is 4. The van der Waals surface area contributed by atoms with E-state index in [1.54, 1.807) is 18.2 Å². The summed E-state index contributed by atoms with van der Waals surface area (Å²) in [5.41, 5.74) is 8.60. The number of aromatic hydroxyl groups is 1. The number of anilines is 1. The fraction of sp³-hybridized carbons (Fsp3) is 0.214.